The zero-order valence-corrected chi connectivity index (χ0v) is 15.2. The highest BCUT2D eigenvalue weighted by molar-refractivity contribution is 5.78. The second-order valence-corrected chi connectivity index (χ2v) is 6.91. The average Bonchev–Trinajstić information content (AvgIpc) is 3.24. The fourth-order valence-corrected chi connectivity index (χ4v) is 2.85. The van der Waals surface area contributed by atoms with Gasteiger partial charge in [0.15, 0.2) is 0 Å². The molecule has 134 valence electrons. The first-order valence-electron chi connectivity index (χ1n) is 9.76. The van der Waals surface area contributed by atoms with Crippen LogP contribution in [0.5, 0.6) is 0 Å². The van der Waals surface area contributed by atoms with Crippen LogP contribution < -0.4 is 10.6 Å². The van der Waals surface area contributed by atoms with Crippen LogP contribution in [-0.4, -0.2) is 23.9 Å². The van der Waals surface area contributed by atoms with Crippen LogP contribution in [0.1, 0.15) is 97.3 Å². The maximum atomic E-state index is 11.8. The standard InChI is InChI=1S/C19H36N2O2/c1-3-5-7-9-11-13-18(22)20-16-15-17(16)21-19(23)14-12-10-8-6-4-2/h16-17H,3-15H2,1-2H3,(H,20,22)(H,21,23)/t16-,17+. The maximum Gasteiger partial charge on any atom is 0.220 e. The summed E-state index contributed by atoms with van der Waals surface area (Å²) in [5.74, 6) is 0.283. The lowest BCUT2D eigenvalue weighted by atomic mass is 10.1. The monoisotopic (exact) mass is 324 g/mol. The van der Waals surface area contributed by atoms with E-state index in [9.17, 15) is 9.59 Å². The molecule has 4 heteroatoms. The lowest BCUT2D eigenvalue weighted by Crippen LogP contribution is -2.34. The lowest BCUT2D eigenvalue weighted by molar-refractivity contribution is -0.123. The van der Waals surface area contributed by atoms with Crippen LogP contribution in [0.25, 0.3) is 0 Å². The minimum Gasteiger partial charge on any atom is -0.351 e. The van der Waals surface area contributed by atoms with Crippen LogP contribution in [0.2, 0.25) is 0 Å². The summed E-state index contributed by atoms with van der Waals surface area (Å²) in [5, 5.41) is 6.06. The number of unbranched alkanes of at least 4 members (excludes halogenated alkanes) is 8. The fraction of sp³-hybridized carbons (Fsp3) is 0.895. The molecule has 0 aromatic heterocycles. The summed E-state index contributed by atoms with van der Waals surface area (Å²) in [6, 6.07) is 0.337. The molecule has 2 atom stereocenters. The van der Waals surface area contributed by atoms with E-state index in [1.807, 2.05) is 0 Å². The van der Waals surface area contributed by atoms with Gasteiger partial charge in [0.2, 0.25) is 11.8 Å². The molecular weight excluding hydrogens is 288 g/mol. The third-order valence-electron chi connectivity index (χ3n) is 4.50. The van der Waals surface area contributed by atoms with E-state index < -0.39 is 0 Å². The van der Waals surface area contributed by atoms with Crippen molar-refractivity contribution in [2.24, 2.45) is 0 Å². The van der Waals surface area contributed by atoms with Gasteiger partial charge in [-0.15, -0.1) is 0 Å². The molecule has 2 amide bonds. The molecule has 2 N–H and O–H groups in total. The molecule has 23 heavy (non-hydrogen) atoms. The quantitative estimate of drug-likeness (QED) is 0.473. The van der Waals surface area contributed by atoms with E-state index in [0.29, 0.717) is 12.8 Å². The Balaban J connectivity index is 1.97. The summed E-state index contributed by atoms with van der Waals surface area (Å²) in [6.45, 7) is 4.39. The first kappa shape index (κ1) is 20.0. The Hall–Kier alpha value is -1.06. The molecule has 1 fully saturated rings. The van der Waals surface area contributed by atoms with Gasteiger partial charge < -0.3 is 10.6 Å². The van der Waals surface area contributed by atoms with Gasteiger partial charge in [-0.2, -0.15) is 0 Å². The predicted molar refractivity (Wildman–Crippen MR) is 95.2 cm³/mol. The Morgan fingerprint density at radius 1 is 0.696 bits per heavy atom. The molecule has 0 saturated heterocycles. The van der Waals surface area contributed by atoms with Crippen molar-refractivity contribution in [1.82, 2.24) is 10.6 Å². The topological polar surface area (TPSA) is 58.2 Å². The largest absolute Gasteiger partial charge is 0.351 e. The molecule has 1 rings (SSSR count). The number of carbonyl (C=O) groups excluding carboxylic acids is 2. The van der Waals surface area contributed by atoms with Gasteiger partial charge in [-0.25, -0.2) is 0 Å². The summed E-state index contributed by atoms with van der Waals surface area (Å²) in [6.07, 6.45) is 13.8. The number of rotatable bonds is 14. The third kappa shape index (κ3) is 10.4. The molecule has 4 nitrogen and oxygen atoms in total. The Bertz CT molecular complexity index is 312. The second-order valence-electron chi connectivity index (χ2n) is 6.91. The van der Waals surface area contributed by atoms with Crippen molar-refractivity contribution in [1.29, 1.82) is 0 Å². The summed E-state index contributed by atoms with van der Waals surface area (Å²) in [7, 11) is 0. The van der Waals surface area contributed by atoms with Crippen molar-refractivity contribution in [3.63, 3.8) is 0 Å². The molecule has 0 aromatic rings. The van der Waals surface area contributed by atoms with Crippen LogP contribution >= 0.6 is 0 Å². The Kier molecular flexibility index (Phi) is 10.8. The maximum absolute atomic E-state index is 11.8. The van der Waals surface area contributed by atoms with E-state index in [4.69, 9.17) is 0 Å². The summed E-state index contributed by atoms with van der Waals surface area (Å²) in [5.41, 5.74) is 0. The van der Waals surface area contributed by atoms with Gasteiger partial charge in [0, 0.05) is 12.8 Å². The van der Waals surface area contributed by atoms with Crippen molar-refractivity contribution < 1.29 is 9.59 Å². The molecule has 1 aliphatic rings. The number of nitrogens with one attached hydrogen (secondary N) is 2. The number of carbonyl (C=O) groups is 2. The van der Waals surface area contributed by atoms with Crippen molar-refractivity contribution in [3.05, 3.63) is 0 Å². The van der Waals surface area contributed by atoms with Crippen LogP contribution in [0, 0.1) is 0 Å². The third-order valence-corrected chi connectivity index (χ3v) is 4.50. The summed E-state index contributed by atoms with van der Waals surface area (Å²) >= 11 is 0. The predicted octanol–water partition coefficient (Wildman–Crippen LogP) is 4.08. The fourth-order valence-electron chi connectivity index (χ4n) is 2.85. The zero-order chi connectivity index (χ0) is 16.9. The number of hydrogen-bond acceptors (Lipinski definition) is 2. The van der Waals surface area contributed by atoms with Gasteiger partial charge in [0.25, 0.3) is 0 Å². The van der Waals surface area contributed by atoms with Crippen molar-refractivity contribution in [2.75, 3.05) is 0 Å². The van der Waals surface area contributed by atoms with Gasteiger partial charge >= 0.3 is 0 Å². The second kappa shape index (κ2) is 12.4. The average molecular weight is 325 g/mol. The highest BCUT2D eigenvalue weighted by atomic mass is 16.2. The lowest BCUT2D eigenvalue weighted by Gasteiger charge is -2.07. The molecule has 1 saturated carbocycles. The number of hydrogen-bond donors (Lipinski definition) is 2. The molecule has 0 unspecified atom stereocenters. The van der Waals surface area contributed by atoms with E-state index >= 15 is 0 Å². The SMILES string of the molecule is CCCCCCCC(=O)N[C@H]1C[C@H]1NC(=O)CCCCCCC. The first-order valence-corrected chi connectivity index (χ1v) is 9.76. The molecule has 0 aromatic carbocycles. The highest BCUT2D eigenvalue weighted by Gasteiger charge is 2.39. The Labute approximate surface area is 142 Å². The van der Waals surface area contributed by atoms with Crippen LogP contribution in [0.15, 0.2) is 0 Å². The van der Waals surface area contributed by atoms with Gasteiger partial charge in [-0.3, -0.25) is 9.59 Å². The smallest absolute Gasteiger partial charge is 0.220 e. The van der Waals surface area contributed by atoms with E-state index in [1.165, 1.54) is 38.5 Å². The summed E-state index contributed by atoms with van der Waals surface area (Å²) < 4.78 is 0. The Morgan fingerprint density at radius 3 is 1.48 bits per heavy atom. The van der Waals surface area contributed by atoms with Crippen molar-refractivity contribution in [3.8, 4) is 0 Å². The minimum atomic E-state index is 0.141. The molecule has 0 bridgehead atoms. The molecular formula is C19H36N2O2. The minimum absolute atomic E-state index is 0.141. The molecule has 0 heterocycles. The Morgan fingerprint density at radius 2 is 1.09 bits per heavy atom. The number of amides is 2. The van der Waals surface area contributed by atoms with E-state index in [2.05, 4.69) is 24.5 Å². The van der Waals surface area contributed by atoms with E-state index in [-0.39, 0.29) is 23.9 Å². The van der Waals surface area contributed by atoms with Crippen LogP contribution in [0.4, 0.5) is 0 Å². The van der Waals surface area contributed by atoms with Gasteiger partial charge in [0.1, 0.15) is 0 Å². The van der Waals surface area contributed by atoms with Gasteiger partial charge in [-0.05, 0) is 19.3 Å². The van der Waals surface area contributed by atoms with Crippen LogP contribution in [-0.2, 0) is 9.59 Å². The summed E-state index contributed by atoms with van der Waals surface area (Å²) in [4.78, 5) is 23.6. The van der Waals surface area contributed by atoms with Crippen molar-refractivity contribution in [2.45, 2.75) is 109 Å². The normalized spacial score (nSPS) is 19.4. The molecule has 0 radical (unpaired) electrons. The molecule has 0 aliphatic heterocycles. The van der Waals surface area contributed by atoms with E-state index in [1.54, 1.807) is 0 Å². The molecule has 0 spiro atoms. The molecule has 1 aliphatic carbocycles. The van der Waals surface area contributed by atoms with Gasteiger partial charge in [0.05, 0.1) is 12.1 Å². The zero-order valence-electron chi connectivity index (χ0n) is 15.2. The van der Waals surface area contributed by atoms with Crippen LogP contribution in [0.3, 0.4) is 0 Å². The van der Waals surface area contributed by atoms with Gasteiger partial charge in [-0.1, -0.05) is 65.2 Å². The van der Waals surface area contributed by atoms with E-state index in [0.717, 1.165) is 32.1 Å². The highest BCUT2D eigenvalue weighted by Crippen LogP contribution is 2.22. The first-order chi connectivity index (χ1) is 11.2. The van der Waals surface area contributed by atoms with Crippen molar-refractivity contribution >= 4 is 11.8 Å².